The zero-order valence-electron chi connectivity index (χ0n) is 13.9. The Morgan fingerprint density at radius 1 is 1.00 bits per heavy atom. The van der Waals surface area contributed by atoms with Crippen molar-refractivity contribution in [3.63, 3.8) is 0 Å². The molecule has 5 nitrogen and oxygen atoms in total. The molecule has 3 N–H and O–H groups in total. The molecule has 1 saturated carbocycles. The molecule has 1 aliphatic carbocycles. The second kappa shape index (κ2) is 7.07. The summed E-state index contributed by atoms with van der Waals surface area (Å²) in [5.41, 5.74) is 5.87. The van der Waals surface area contributed by atoms with Crippen molar-refractivity contribution in [2.45, 2.75) is 36.1 Å². The maximum absolute atomic E-state index is 13.0. The van der Waals surface area contributed by atoms with Crippen LogP contribution in [0.2, 0.25) is 0 Å². The van der Waals surface area contributed by atoms with Crippen molar-refractivity contribution in [2.75, 3.05) is 6.54 Å². The molecular formula is C19H22N2O3S. The first-order chi connectivity index (χ1) is 12.0. The minimum Gasteiger partial charge on any atom is -0.329 e. The lowest BCUT2D eigenvalue weighted by atomic mass is 10.0. The van der Waals surface area contributed by atoms with E-state index >= 15 is 0 Å². The van der Waals surface area contributed by atoms with Gasteiger partial charge in [0.05, 0.1) is 4.90 Å². The zero-order chi connectivity index (χ0) is 17.9. The monoisotopic (exact) mass is 358 g/mol. The normalized spacial score (nSPS) is 16.7. The molecule has 0 atom stereocenters. The van der Waals surface area contributed by atoms with Crippen LogP contribution in [0.15, 0.2) is 59.5 Å². The Labute approximate surface area is 148 Å². The van der Waals surface area contributed by atoms with Gasteiger partial charge in [0.1, 0.15) is 0 Å². The molecule has 0 bridgehead atoms. The van der Waals surface area contributed by atoms with Gasteiger partial charge in [-0.05, 0) is 25.0 Å². The highest BCUT2D eigenvalue weighted by Gasteiger charge is 2.37. The quantitative estimate of drug-likeness (QED) is 0.776. The highest BCUT2D eigenvalue weighted by atomic mass is 32.2. The van der Waals surface area contributed by atoms with E-state index in [1.54, 1.807) is 42.5 Å². The van der Waals surface area contributed by atoms with Crippen LogP contribution in [0.25, 0.3) is 0 Å². The summed E-state index contributed by atoms with van der Waals surface area (Å²) in [6.45, 7) is 0.251. The SMILES string of the molecule is NCC1(NS(=O)(=O)c2ccccc2C(=O)c2ccccc2)CCCC1. The fraction of sp³-hybridized carbons (Fsp3) is 0.316. The second-order valence-electron chi connectivity index (χ2n) is 6.49. The average molecular weight is 358 g/mol. The van der Waals surface area contributed by atoms with Crippen LogP contribution in [0, 0.1) is 0 Å². The van der Waals surface area contributed by atoms with Crippen molar-refractivity contribution < 1.29 is 13.2 Å². The molecule has 0 saturated heterocycles. The minimum atomic E-state index is -3.85. The number of ketones is 1. The Kier molecular flexibility index (Phi) is 5.03. The smallest absolute Gasteiger partial charge is 0.241 e. The van der Waals surface area contributed by atoms with Crippen LogP contribution >= 0.6 is 0 Å². The number of carbonyl (C=O) groups is 1. The molecule has 0 amide bonds. The minimum absolute atomic E-state index is 0.00331. The van der Waals surface area contributed by atoms with Crippen LogP contribution < -0.4 is 10.5 Å². The third kappa shape index (κ3) is 3.66. The Balaban J connectivity index is 1.99. The van der Waals surface area contributed by atoms with Crippen LogP contribution in [0.3, 0.4) is 0 Å². The molecule has 1 aliphatic rings. The first-order valence-electron chi connectivity index (χ1n) is 8.40. The fourth-order valence-electron chi connectivity index (χ4n) is 3.37. The number of hydrogen-bond acceptors (Lipinski definition) is 4. The number of nitrogens with one attached hydrogen (secondary N) is 1. The molecule has 2 aromatic rings. The maximum Gasteiger partial charge on any atom is 0.241 e. The van der Waals surface area contributed by atoms with Gasteiger partial charge in [0, 0.05) is 23.2 Å². The van der Waals surface area contributed by atoms with Gasteiger partial charge in [-0.1, -0.05) is 55.3 Å². The van der Waals surface area contributed by atoms with Crippen molar-refractivity contribution in [1.82, 2.24) is 4.72 Å². The second-order valence-corrected chi connectivity index (χ2v) is 8.14. The molecule has 25 heavy (non-hydrogen) atoms. The summed E-state index contributed by atoms with van der Waals surface area (Å²) < 4.78 is 28.8. The number of rotatable bonds is 6. The highest BCUT2D eigenvalue weighted by Crippen LogP contribution is 2.31. The molecule has 6 heteroatoms. The fourth-order valence-corrected chi connectivity index (χ4v) is 5.05. The Morgan fingerprint density at radius 3 is 2.24 bits per heavy atom. The Bertz CT molecular complexity index is 857. The Morgan fingerprint density at radius 2 is 1.60 bits per heavy atom. The molecule has 0 aromatic heterocycles. The lowest BCUT2D eigenvalue weighted by Gasteiger charge is -2.28. The number of hydrogen-bond donors (Lipinski definition) is 2. The molecule has 0 unspecified atom stereocenters. The number of benzene rings is 2. The summed E-state index contributed by atoms with van der Waals surface area (Å²) >= 11 is 0. The van der Waals surface area contributed by atoms with Gasteiger partial charge in [-0.3, -0.25) is 4.79 Å². The van der Waals surface area contributed by atoms with Crippen LogP contribution in [0.1, 0.15) is 41.6 Å². The summed E-state index contributed by atoms with van der Waals surface area (Å²) in [7, 11) is -3.85. The summed E-state index contributed by atoms with van der Waals surface area (Å²) in [5, 5.41) is 0. The molecule has 1 fully saturated rings. The number of carbonyl (C=O) groups excluding carboxylic acids is 1. The molecular weight excluding hydrogens is 336 g/mol. The van der Waals surface area contributed by atoms with Gasteiger partial charge >= 0.3 is 0 Å². The lowest BCUT2D eigenvalue weighted by molar-refractivity contribution is 0.103. The predicted molar refractivity (Wildman–Crippen MR) is 96.9 cm³/mol. The number of nitrogens with two attached hydrogens (primary N) is 1. The molecule has 0 spiro atoms. The van der Waals surface area contributed by atoms with Gasteiger partial charge in [0.15, 0.2) is 5.78 Å². The third-order valence-electron chi connectivity index (χ3n) is 4.76. The van der Waals surface area contributed by atoms with Crippen LogP contribution in [0.4, 0.5) is 0 Å². The van der Waals surface area contributed by atoms with Crippen LogP contribution in [-0.4, -0.2) is 26.3 Å². The van der Waals surface area contributed by atoms with E-state index in [0.717, 1.165) is 25.7 Å². The van der Waals surface area contributed by atoms with Crippen LogP contribution in [-0.2, 0) is 10.0 Å². The van der Waals surface area contributed by atoms with Gasteiger partial charge in [-0.15, -0.1) is 0 Å². The highest BCUT2D eigenvalue weighted by molar-refractivity contribution is 7.89. The van der Waals surface area contributed by atoms with Gasteiger partial charge < -0.3 is 5.73 Å². The van der Waals surface area contributed by atoms with Gasteiger partial charge in [0.2, 0.25) is 10.0 Å². The van der Waals surface area contributed by atoms with E-state index in [9.17, 15) is 13.2 Å². The Hall–Kier alpha value is -2.02. The molecule has 132 valence electrons. The van der Waals surface area contributed by atoms with Crippen LogP contribution in [0.5, 0.6) is 0 Å². The average Bonchev–Trinajstić information content (AvgIpc) is 3.10. The lowest BCUT2D eigenvalue weighted by Crippen LogP contribution is -2.51. The van der Waals surface area contributed by atoms with E-state index < -0.39 is 15.6 Å². The van der Waals surface area contributed by atoms with Crippen molar-refractivity contribution in [3.05, 3.63) is 65.7 Å². The zero-order valence-corrected chi connectivity index (χ0v) is 14.8. The van der Waals surface area contributed by atoms with Gasteiger partial charge in [0.25, 0.3) is 0 Å². The first-order valence-corrected chi connectivity index (χ1v) is 9.89. The topological polar surface area (TPSA) is 89.3 Å². The summed E-state index contributed by atoms with van der Waals surface area (Å²) in [6.07, 6.45) is 3.34. The van der Waals surface area contributed by atoms with Crippen molar-refractivity contribution >= 4 is 15.8 Å². The third-order valence-corrected chi connectivity index (χ3v) is 6.40. The van der Waals surface area contributed by atoms with E-state index in [0.29, 0.717) is 5.56 Å². The van der Waals surface area contributed by atoms with Crippen molar-refractivity contribution in [1.29, 1.82) is 0 Å². The summed E-state index contributed by atoms with van der Waals surface area (Å²) in [6, 6.07) is 15.0. The van der Waals surface area contributed by atoms with Gasteiger partial charge in [-0.25, -0.2) is 13.1 Å². The van der Waals surface area contributed by atoms with E-state index in [1.165, 1.54) is 6.07 Å². The standard InChI is InChI=1S/C19H22N2O3S/c20-14-19(12-6-7-13-19)21-25(23,24)17-11-5-4-10-16(17)18(22)15-8-2-1-3-9-15/h1-5,8-11,21H,6-7,12-14,20H2. The van der Waals surface area contributed by atoms with E-state index in [-0.39, 0.29) is 22.8 Å². The molecule has 2 aromatic carbocycles. The molecule has 0 heterocycles. The largest absolute Gasteiger partial charge is 0.329 e. The first kappa shape index (κ1) is 17.8. The van der Waals surface area contributed by atoms with E-state index in [4.69, 9.17) is 5.73 Å². The molecule has 0 aliphatic heterocycles. The summed E-state index contributed by atoms with van der Waals surface area (Å²) in [5.74, 6) is -0.310. The molecule has 0 radical (unpaired) electrons. The van der Waals surface area contributed by atoms with Crippen molar-refractivity contribution in [2.24, 2.45) is 5.73 Å². The predicted octanol–water partition coefficient (Wildman–Crippen LogP) is 2.47. The van der Waals surface area contributed by atoms with E-state index in [2.05, 4.69) is 4.72 Å². The van der Waals surface area contributed by atoms with Gasteiger partial charge in [-0.2, -0.15) is 0 Å². The summed E-state index contributed by atoms with van der Waals surface area (Å²) in [4.78, 5) is 12.8. The van der Waals surface area contributed by atoms with Crippen molar-refractivity contribution in [3.8, 4) is 0 Å². The number of sulfonamides is 1. The maximum atomic E-state index is 13.0. The van der Waals surface area contributed by atoms with E-state index in [1.807, 2.05) is 6.07 Å². The molecule has 3 rings (SSSR count).